The molecule has 0 aliphatic heterocycles. The Bertz CT molecular complexity index is 535. The van der Waals surface area contributed by atoms with Gasteiger partial charge in [-0.25, -0.2) is 13.1 Å². The summed E-state index contributed by atoms with van der Waals surface area (Å²) < 4.78 is 27.8. The highest BCUT2D eigenvalue weighted by atomic mass is 79.9. The summed E-state index contributed by atoms with van der Waals surface area (Å²) in [7, 11) is -3.60. The van der Waals surface area contributed by atoms with E-state index < -0.39 is 10.0 Å². The van der Waals surface area contributed by atoms with Gasteiger partial charge in [-0.05, 0) is 30.5 Å². The number of benzene rings is 1. The summed E-state index contributed by atoms with van der Waals surface area (Å²) in [5.74, 6) is 0. The molecule has 0 spiro atoms. The first kappa shape index (κ1) is 15.5. The molecule has 3 N–H and O–H groups in total. The molecule has 0 saturated heterocycles. The van der Waals surface area contributed by atoms with Crippen LogP contribution in [0.1, 0.15) is 27.7 Å². The number of rotatable bonds is 3. The van der Waals surface area contributed by atoms with Crippen LogP contribution in [0.2, 0.25) is 0 Å². The molecule has 4 nitrogen and oxygen atoms in total. The van der Waals surface area contributed by atoms with Crippen LogP contribution in [0.5, 0.6) is 0 Å². The number of nitrogens with two attached hydrogens (primary N) is 1. The summed E-state index contributed by atoms with van der Waals surface area (Å²) in [6.07, 6.45) is 0. The van der Waals surface area contributed by atoms with Crippen molar-refractivity contribution in [2.45, 2.75) is 38.6 Å². The lowest BCUT2D eigenvalue weighted by Crippen LogP contribution is -2.41. The van der Waals surface area contributed by atoms with Crippen molar-refractivity contribution >= 4 is 31.6 Å². The maximum atomic E-state index is 12.3. The number of hydrogen-bond donors (Lipinski definition) is 2. The number of anilines is 1. The molecule has 0 aromatic heterocycles. The van der Waals surface area contributed by atoms with E-state index in [9.17, 15) is 8.42 Å². The van der Waals surface area contributed by atoms with Gasteiger partial charge in [-0.2, -0.15) is 0 Å². The van der Waals surface area contributed by atoms with Gasteiger partial charge >= 0.3 is 0 Å². The predicted molar refractivity (Wildman–Crippen MR) is 77.8 cm³/mol. The number of hydrogen-bond acceptors (Lipinski definition) is 3. The molecule has 0 radical (unpaired) electrons. The first-order valence-corrected chi connectivity index (χ1v) is 7.89. The summed E-state index contributed by atoms with van der Waals surface area (Å²) in [6.45, 7) is 7.77. The van der Waals surface area contributed by atoms with Crippen LogP contribution in [0.3, 0.4) is 0 Å². The van der Waals surface area contributed by atoms with E-state index in [-0.39, 0.29) is 22.0 Å². The lowest BCUT2D eigenvalue weighted by Gasteiger charge is -2.28. The number of nitrogen functional groups attached to an aromatic ring is 1. The van der Waals surface area contributed by atoms with Crippen LogP contribution in [0.25, 0.3) is 0 Å². The van der Waals surface area contributed by atoms with Gasteiger partial charge in [0.1, 0.15) is 4.90 Å². The standard InChI is InChI=1S/C12H19BrN2O2S/c1-8(12(2,3)4)15-18(16,17)11-7-9(13)5-6-10(11)14/h5-8,15H,14H2,1-4H3. The van der Waals surface area contributed by atoms with Crippen molar-refractivity contribution in [1.82, 2.24) is 4.72 Å². The Hall–Kier alpha value is -0.590. The fourth-order valence-electron chi connectivity index (χ4n) is 1.21. The van der Waals surface area contributed by atoms with Crippen molar-refractivity contribution < 1.29 is 8.42 Å². The molecular formula is C12H19BrN2O2S. The molecule has 0 aliphatic rings. The Morgan fingerprint density at radius 3 is 2.39 bits per heavy atom. The van der Waals surface area contributed by atoms with Gasteiger partial charge in [0.2, 0.25) is 10.0 Å². The Morgan fingerprint density at radius 1 is 1.33 bits per heavy atom. The number of nitrogens with one attached hydrogen (secondary N) is 1. The molecule has 1 unspecified atom stereocenters. The highest BCUT2D eigenvalue weighted by Crippen LogP contribution is 2.25. The van der Waals surface area contributed by atoms with Gasteiger partial charge in [-0.1, -0.05) is 36.7 Å². The molecule has 1 atom stereocenters. The van der Waals surface area contributed by atoms with Crippen molar-refractivity contribution in [2.75, 3.05) is 5.73 Å². The molecule has 0 fully saturated rings. The molecule has 1 aromatic rings. The van der Waals surface area contributed by atoms with Crippen LogP contribution in [0.4, 0.5) is 5.69 Å². The Labute approximate surface area is 117 Å². The Kier molecular flexibility index (Phi) is 4.46. The molecule has 102 valence electrons. The average molecular weight is 335 g/mol. The van der Waals surface area contributed by atoms with Crippen LogP contribution >= 0.6 is 15.9 Å². The summed E-state index contributed by atoms with van der Waals surface area (Å²) in [5, 5.41) is 0. The van der Waals surface area contributed by atoms with E-state index in [1.54, 1.807) is 12.1 Å². The monoisotopic (exact) mass is 334 g/mol. The molecule has 0 saturated carbocycles. The molecule has 18 heavy (non-hydrogen) atoms. The summed E-state index contributed by atoms with van der Waals surface area (Å²) in [5.41, 5.74) is 5.80. The number of sulfonamides is 1. The quantitative estimate of drug-likeness (QED) is 0.835. The third-order valence-electron chi connectivity index (χ3n) is 2.90. The Balaban J connectivity index is 3.11. The van der Waals surface area contributed by atoms with Crippen molar-refractivity contribution in [3.8, 4) is 0 Å². The first-order chi connectivity index (χ1) is 8.04. The maximum Gasteiger partial charge on any atom is 0.242 e. The number of halogens is 1. The second-order valence-electron chi connectivity index (χ2n) is 5.39. The second-order valence-corrected chi connectivity index (χ2v) is 7.99. The van der Waals surface area contributed by atoms with Gasteiger partial charge in [-0.15, -0.1) is 0 Å². The molecule has 0 heterocycles. The van der Waals surface area contributed by atoms with Gasteiger partial charge in [0.05, 0.1) is 5.69 Å². The average Bonchev–Trinajstić information content (AvgIpc) is 2.19. The van der Waals surface area contributed by atoms with Gasteiger partial charge < -0.3 is 5.73 Å². The zero-order chi connectivity index (χ0) is 14.1. The van der Waals surface area contributed by atoms with E-state index in [4.69, 9.17) is 5.73 Å². The van der Waals surface area contributed by atoms with Crippen molar-refractivity contribution in [3.05, 3.63) is 22.7 Å². The molecule has 6 heteroatoms. The zero-order valence-corrected chi connectivity index (χ0v) is 13.4. The largest absolute Gasteiger partial charge is 0.398 e. The minimum atomic E-state index is -3.60. The third-order valence-corrected chi connectivity index (χ3v) is 4.99. The van der Waals surface area contributed by atoms with Gasteiger partial charge in [0.15, 0.2) is 0 Å². The fourth-order valence-corrected chi connectivity index (χ4v) is 3.33. The lowest BCUT2D eigenvalue weighted by molar-refractivity contribution is 0.317. The van der Waals surface area contributed by atoms with Crippen LogP contribution < -0.4 is 10.5 Å². The van der Waals surface area contributed by atoms with E-state index in [0.29, 0.717) is 4.47 Å². The van der Waals surface area contributed by atoms with Gasteiger partial charge in [0.25, 0.3) is 0 Å². The van der Waals surface area contributed by atoms with Crippen LogP contribution in [-0.2, 0) is 10.0 Å². The Morgan fingerprint density at radius 2 is 1.89 bits per heavy atom. The zero-order valence-electron chi connectivity index (χ0n) is 11.0. The van der Waals surface area contributed by atoms with Crippen molar-refractivity contribution in [1.29, 1.82) is 0 Å². The van der Waals surface area contributed by atoms with E-state index >= 15 is 0 Å². The molecule has 0 amide bonds. The highest BCUT2D eigenvalue weighted by Gasteiger charge is 2.27. The smallest absolute Gasteiger partial charge is 0.242 e. The highest BCUT2D eigenvalue weighted by molar-refractivity contribution is 9.10. The predicted octanol–water partition coefficient (Wildman–Crippen LogP) is 2.74. The van der Waals surface area contributed by atoms with Gasteiger partial charge in [0, 0.05) is 10.5 Å². The van der Waals surface area contributed by atoms with Crippen LogP contribution in [0.15, 0.2) is 27.6 Å². The minimum Gasteiger partial charge on any atom is -0.398 e. The summed E-state index contributed by atoms with van der Waals surface area (Å²) in [6, 6.07) is 4.59. The molecular weight excluding hydrogens is 316 g/mol. The van der Waals surface area contributed by atoms with Crippen LogP contribution in [-0.4, -0.2) is 14.5 Å². The second kappa shape index (κ2) is 5.19. The summed E-state index contributed by atoms with van der Waals surface area (Å²) >= 11 is 3.25. The van der Waals surface area contributed by atoms with E-state index in [1.807, 2.05) is 27.7 Å². The SMILES string of the molecule is CC(NS(=O)(=O)c1cc(Br)ccc1N)C(C)(C)C. The van der Waals surface area contributed by atoms with Crippen molar-refractivity contribution in [2.24, 2.45) is 5.41 Å². The molecule has 1 rings (SSSR count). The normalized spacial score (nSPS) is 14.5. The minimum absolute atomic E-state index is 0.105. The third kappa shape index (κ3) is 3.70. The summed E-state index contributed by atoms with van der Waals surface area (Å²) in [4.78, 5) is 0.105. The molecule has 0 bridgehead atoms. The topological polar surface area (TPSA) is 72.2 Å². The van der Waals surface area contributed by atoms with E-state index in [2.05, 4.69) is 20.7 Å². The van der Waals surface area contributed by atoms with Crippen LogP contribution in [0, 0.1) is 5.41 Å². The fraction of sp³-hybridized carbons (Fsp3) is 0.500. The first-order valence-electron chi connectivity index (χ1n) is 5.61. The van der Waals surface area contributed by atoms with E-state index in [0.717, 1.165) is 0 Å². The molecule has 1 aromatic carbocycles. The van der Waals surface area contributed by atoms with E-state index in [1.165, 1.54) is 6.07 Å². The van der Waals surface area contributed by atoms with Gasteiger partial charge in [-0.3, -0.25) is 0 Å². The maximum absolute atomic E-state index is 12.3. The molecule has 0 aliphatic carbocycles. The van der Waals surface area contributed by atoms with Crippen molar-refractivity contribution in [3.63, 3.8) is 0 Å². The lowest BCUT2D eigenvalue weighted by atomic mass is 9.89.